The molecule has 0 unspecified atom stereocenters. The number of amides is 2. The molecule has 0 aliphatic heterocycles. The van der Waals surface area contributed by atoms with E-state index in [1.807, 2.05) is 6.92 Å². The number of rotatable bonds is 4. The van der Waals surface area contributed by atoms with Crippen molar-refractivity contribution in [3.05, 3.63) is 47.2 Å². The number of hydrogen-bond donors (Lipinski definition) is 3. The lowest BCUT2D eigenvalue weighted by molar-refractivity contribution is 0.0523. The van der Waals surface area contributed by atoms with Gasteiger partial charge >= 0.3 is 6.09 Å². The lowest BCUT2D eigenvalue weighted by Crippen LogP contribution is -2.32. The third-order valence-corrected chi connectivity index (χ3v) is 3.00. The molecule has 7 heteroatoms. The summed E-state index contributed by atoms with van der Waals surface area (Å²) in [6, 6.07) is 8.70. The van der Waals surface area contributed by atoms with Gasteiger partial charge in [-0.3, -0.25) is 9.89 Å². The number of ether oxygens (including phenoxy) is 1. The average Bonchev–Trinajstić information content (AvgIpc) is 2.89. The molecule has 2 aromatic rings. The molecule has 0 bridgehead atoms. The van der Waals surface area contributed by atoms with Crippen molar-refractivity contribution in [1.82, 2.24) is 15.5 Å². The smallest absolute Gasteiger partial charge is 0.407 e. The first kappa shape index (κ1) is 17.5. The summed E-state index contributed by atoms with van der Waals surface area (Å²) in [7, 11) is 0. The van der Waals surface area contributed by atoms with Crippen LogP contribution in [0.3, 0.4) is 0 Å². The summed E-state index contributed by atoms with van der Waals surface area (Å²) >= 11 is 0. The fourth-order valence-electron chi connectivity index (χ4n) is 1.93. The monoisotopic (exact) mass is 330 g/mol. The van der Waals surface area contributed by atoms with Gasteiger partial charge in [-0.2, -0.15) is 5.10 Å². The number of carbonyl (C=O) groups excluding carboxylic acids is 2. The highest BCUT2D eigenvalue weighted by molar-refractivity contribution is 6.03. The second-order valence-electron chi connectivity index (χ2n) is 6.44. The number of aryl methyl sites for hydroxylation is 1. The first-order valence-electron chi connectivity index (χ1n) is 7.62. The van der Waals surface area contributed by atoms with Gasteiger partial charge in [-0.15, -0.1) is 0 Å². The van der Waals surface area contributed by atoms with Crippen molar-refractivity contribution in [3.8, 4) is 0 Å². The van der Waals surface area contributed by atoms with Gasteiger partial charge in [0, 0.05) is 23.9 Å². The van der Waals surface area contributed by atoms with Crippen molar-refractivity contribution in [3.63, 3.8) is 0 Å². The summed E-state index contributed by atoms with van der Waals surface area (Å²) in [5.41, 5.74) is 1.72. The highest BCUT2D eigenvalue weighted by atomic mass is 16.6. The van der Waals surface area contributed by atoms with E-state index in [9.17, 15) is 9.59 Å². The minimum atomic E-state index is -0.531. The maximum atomic E-state index is 12.1. The fraction of sp³-hybridized carbons (Fsp3) is 0.353. The zero-order chi connectivity index (χ0) is 17.7. The molecule has 0 spiro atoms. The van der Waals surface area contributed by atoms with Crippen molar-refractivity contribution >= 4 is 17.8 Å². The van der Waals surface area contributed by atoms with Crippen LogP contribution in [0.5, 0.6) is 0 Å². The summed E-state index contributed by atoms with van der Waals surface area (Å²) in [5, 5.41) is 12.1. The van der Waals surface area contributed by atoms with Crippen LogP contribution in [-0.2, 0) is 11.3 Å². The Morgan fingerprint density at radius 3 is 2.42 bits per heavy atom. The number of alkyl carbamates (subject to hydrolysis) is 1. The van der Waals surface area contributed by atoms with Crippen LogP contribution in [0.25, 0.3) is 0 Å². The Labute approximate surface area is 140 Å². The molecule has 0 saturated heterocycles. The molecule has 3 N–H and O–H groups in total. The van der Waals surface area contributed by atoms with Gasteiger partial charge in [-0.25, -0.2) is 4.79 Å². The molecule has 2 amide bonds. The molecule has 24 heavy (non-hydrogen) atoms. The maximum absolute atomic E-state index is 12.1. The van der Waals surface area contributed by atoms with Gasteiger partial charge in [0.05, 0.1) is 0 Å². The molecular weight excluding hydrogens is 308 g/mol. The third kappa shape index (κ3) is 5.42. The molecule has 0 radical (unpaired) electrons. The Balaban J connectivity index is 1.88. The Kier molecular flexibility index (Phi) is 5.23. The van der Waals surface area contributed by atoms with Gasteiger partial charge in [-0.1, -0.05) is 12.1 Å². The van der Waals surface area contributed by atoms with E-state index < -0.39 is 11.7 Å². The van der Waals surface area contributed by atoms with Crippen LogP contribution in [0.4, 0.5) is 10.6 Å². The second-order valence-corrected chi connectivity index (χ2v) is 6.44. The standard InChI is InChI=1S/C17H22N4O3/c1-11-9-14(21-20-11)19-15(22)13-7-5-12(6-8-13)10-18-16(23)24-17(2,3)4/h5-9H,10H2,1-4H3,(H,18,23)(H2,19,20,21,22). The zero-order valence-corrected chi connectivity index (χ0v) is 14.3. The maximum Gasteiger partial charge on any atom is 0.407 e. The highest BCUT2D eigenvalue weighted by Crippen LogP contribution is 2.10. The Morgan fingerprint density at radius 1 is 1.21 bits per heavy atom. The Bertz CT molecular complexity index is 714. The summed E-state index contributed by atoms with van der Waals surface area (Å²) in [6.07, 6.45) is -0.474. The second kappa shape index (κ2) is 7.16. The van der Waals surface area contributed by atoms with Gasteiger partial charge in [0.2, 0.25) is 0 Å². The minimum absolute atomic E-state index is 0.242. The topological polar surface area (TPSA) is 96.1 Å². The van der Waals surface area contributed by atoms with Crippen LogP contribution in [0, 0.1) is 6.92 Å². The van der Waals surface area contributed by atoms with Gasteiger partial charge < -0.3 is 15.4 Å². The summed E-state index contributed by atoms with van der Waals surface area (Å²) in [5.74, 6) is 0.237. The number of aromatic nitrogens is 2. The van der Waals surface area contributed by atoms with Crippen LogP contribution >= 0.6 is 0 Å². The van der Waals surface area contributed by atoms with Crippen molar-refractivity contribution in [1.29, 1.82) is 0 Å². The van der Waals surface area contributed by atoms with E-state index in [1.165, 1.54) is 0 Å². The van der Waals surface area contributed by atoms with Gasteiger partial charge in [0.15, 0.2) is 5.82 Å². The highest BCUT2D eigenvalue weighted by Gasteiger charge is 2.15. The van der Waals surface area contributed by atoms with Gasteiger partial charge in [0.1, 0.15) is 5.60 Å². The van der Waals surface area contributed by atoms with Gasteiger partial charge in [-0.05, 0) is 45.4 Å². The molecule has 0 aliphatic rings. The summed E-state index contributed by atoms with van der Waals surface area (Å²) in [6.45, 7) is 7.60. The number of benzene rings is 1. The van der Waals surface area contributed by atoms with Crippen molar-refractivity contribution in [2.45, 2.75) is 39.8 Å². The Hall–Kier alpha value is -2.83. The van der Waals surface area contributed by atoms with Crippen LogP contribution in [-0.4, -0.2) is 27.8 Å². The minimum Gasteiger partial charge on any atom is -0.444 e. The molecule has 0 atom stereocenters. The van der Waals surface area contributed by atoms with E-state index in [-0.39, 0.29) is 5.91 Å². The SMILES string of the molecule is Cc1cc(NC(=O)c2ccc(CNC(=O)OC(C)(C)C)cc2)n[nH]1. The number of H-pyrrole nitrogens is 1. The number of nitrogens with one attached hydrogen (secondary N) is 3. The average molecular weight is 330 g/mol. The molecule has 2 rings (SSSR count). The van der Waals surface area contributed by atoms with E-state index in [0.717, 1.165) is 11.3 Å². The molecule has 7 nitrogen and oxygen atoms in total. The molecule has 1 heterocycles. The summed E-state index contributed by atoms with van der Waals surface area (Å²) < 4.78 is 5.17. The largest absolute Gasteiger partial charge is 0.444 e. The van der Waals surface area contributed by atoms with Crippen molar-refractivity contribution < 1.29 is 14.3 Å². The van der Waals surface area contributed by atoms with Crippen LogP contribution in [0.15, 0.2) is 30.3 Å². The quantitative estimate of drug-likeness (QED) is 0.803. The normalized spacial score (nSPS) is 11.0. The molecule has 1 aromatic heterocycles. The zero-order valence-electron chi connectivity index (χ0n) is 14.3. The van der Waals surface area contributed by atoms with E-state index in [0.29, 0.717) is 17.9 Å². The molecule has 0 saturated carbocycles. The first-order chi connectivity index (χ1) is 11.2. The van der Waals surface area contributed by atoms with Crippen LogP contribution in [0.2, 0.25) is 0 Å². The molecule has 128 valence electrons. The number of nitrogens with zero attached hydrogens (tertiary/aromatic N) is 1. The van der Waals surface area contributed by atoms with Crippen LogP contribution < -0.4 is 10.6 Å². The molecule has 0 fully saturated rings. The Morgan fingerprint density at radius 2 is 1.88 bits per heavy atom. The lowest BCUT2D eigenvalue weighted by Gasteiger charge is -2.19. The van der Waals surface area contributed by atoms with E-state index >= 15 is 0 Å². The van der Waals surface area contributed by atoms with E-state index in [1.54, 1.807) is 51.1 Å². The predicted molar refractivity (Wildman–Crippen MR) is 90.8 cm³/mol. The fourth-order valence-corrected chi connectivity index (χ4v) is 1.93. The van der Waals surface area contributed by atoms with Gasteiger partial charge in [0.25, 0.3) is 5.91 Å². The number of carbonyl (C=O) groups is 2. The lowest BCUT2D eigenvalue weighted by atomic mass is 10.1. The molecule has 0 aliphatic carbocycles. The number of anilines is 1. The molecular formula is C17H22N4O3. The van der Waals surface area contributed by atoms with E-state index in [2.05, 4.69) is 20.8 Å². The predicted octanol–water partition coefficient (Wildman–Crippen LogP) is 3.00. The number of hydrogen-bond acceptors (Lipinski definition) is 4. The van der Waals surface area contributed by atoms with Crippen LogP contribution in [0.1, 0.15) is 42.4 Å². The molecule has 1 aromatic carbocycles. The van der Waals surface area contributed by atoms with Crippen molar-refractivity contribution in [2.75, 3.05) is 5.32 Å². The number of aromatic amines is 1. The van der Waals surface area contributed by atoms with E-state index in [4.69, 9.17) is 4.74 Å². The van der Waals surface area contributed by atoms with Crippen molar-refractivity contribution in [2.24, 2.45) is 0 Å². The third-order valence-electron chi connectivity index (χ3n) is 3.00. The first-order valence-corrected chi connectivity index (χ1v) is 7.62. The summed E-state index contributed by atoms with van der Waals surface area (Å²) in [4.78, 5) is 23.7.